The molecule has 0 heterocycles. The van der Waals surface area contributed by atoms with Crippen LogP contribution in [0.1, 0.15) is 19.3 Å². The van der Waals surface area contributed by atoms with E-state index >= 15 is 0 Å². The second-order valence-corrected chi connectivity index (χ2v) is 6.10. The van der Waals surface area contributed by atoms with Crippen LogP contribution in [-0.2, 0) is 28.8 Å². The Bertz CT molecular complexity index is 670. The van der Waals surface area contributed by atoms with Gasteiger partial charge >= 0.3 is 11.9 Å². The third kappa shape index (κ3) is 9.76. The van der Waals surface area contributed by atoms with E-state index in [4.69, 9.17) is 26.8 Å². The summed E-state index contributed by atoms with van der Waals surface area (Å²) in [6.45, 7) is -1.92. The number of nitrogens with two attached hydrogens (primary N) is 2. The summed E-state index contributed by atoms with van der Waals surface area (Å²) in [5, 5.41) is 41.7. The maximum atomic E-state index is 12.4. The van der Waals surface area contributed by atoms with Crippen LogP contribution in [0.4, 0.5) is 0 Å². The number of carboxylic acids is 2. The van der Waals surface area contributed by atoms with Crippen molar-refractivity contribution in [3.63, 3.8) is 0 Å². The Morgan fingerprint density at radius 3 is 1.67 bits per heavy atom. The molecule has 4 atom stereocenters. The Labute approximate surface area is 169 Å². The van der Waals surface area contributed by atoms with Gasteiger partial charge in [0.15, 0.2) is 0 Å². The first kappa shape index (κ1) is 26.7. The molecule has 0 rings (SSSR count). The van der Waals surface area contributed by atoms with Crippen molar-refractivity contribution in [2.45, 2.75) is 43.4 Å². The Hall–Kier alpha value is -3.30. The van der Waals surface area contributed by atoms with Gasteiger partial charge in [-0.2, -0.15) is 0 Å². The van der Waals surface area contributed by atoms with Crippen molar-refractivity contribution in [1.29, 1.82) is 0 Å². The summed E-state index contributed by atoms with van der Waals surface area (Å²) in [5.41, 5.74) is 10.4. The molecule has 0 aromatic carbocycles. The molecule has 0 aliphatic carbocycles. The molecule has 0 radical (unpaired) electrons. The highest BCUT2D eigenvalue weighted by molar-refractivity contribution is 5.95. The van der Waals surface area contributed by atoms with Gasteiger partial charge in [0.1, 0.15) is 18.1 Å². The number of aliphatic hydroxyl groups is 2. The predicted molar refractivity (Wildman–Crippen MR) is 96.3 cm³/mol. The second kappa shape index (κ2) is 13.0. The molecule has 0 spiro atoms. The van der Waals surface area contributed by atoms with Gasteiger partial charge < -0.3 is 47.8 Å². The third-order valence-corrected chi connectivity index (χ3v) is 3.66. The van der Waals surface area contributed by atoms with E-state index in [1.807, 2.05) is 10.6 Å². The van der Waals surface area contributed by atoms with Crippen LogP contribution in [0.5, 0.6) is 0 Å². The first-order valence-electron chi connectivity index (χ1n) is 8.54. The zero-order valence-corrected chi connectivity index (χ0v) is 15.7. The minimum absolute atomic E-state index is 0.332. The van der Waals surface area contributed by atoms with E-state index in [0.29, 0.717) is 0 Å². The number of amides is 4. The summed E-state index contributed by atoms with van der Waals surface area (Å²) in [7, 11) is 0. The predicted octanol–water partition coefficient (Wildman–Crippen LogP) is -5.42. The van der Waals surface area contributed by atoms with Gasteiger partial charge in [-0.1, -0.05) is 0 Å². The molecule has 0 aromatic heterocycles. The van der Waals surface area contributed by atoms with E-state index < -0.39 is 79.4 Å². The molecule has 0 saturated carbocycles. The summed E-state index contributed by atoms with van der Waals surface area (Å²) < 4.78 is 0. The van der Waals surface area contributed by atoms with Gasteiger partial charge in [-0.15, -0.1) is 0 Å². The number of carbonyl (C=O) groups excluding carboxylic acids is 4. The number of aliphatic carboxylic acids is 2. The van der Waals surface area contributed by atoms with Gasteiger partial charge in [-0.3, -0.25) is 24.0 Å². The summed E-state index contributed by atoms with van der Waals surface area (Å²) in [5.74, 6) is -6.98. The lowest BCUT2D eigenvalue weighted by molar-refractivity contribution is -0.143. The van der Waals surface area contributed by atoms with Crippen molar-refractivity contribution in [2.24, 2.45) is 11.5 Å². The molecule has 0 aromatic rings. The van der Waals surface area contributed by atoms with Crippen molar-refractivity contribution in [1.82, 2.24) is 16.0 Å². The lowest BCUT2D eigenvalue weighted by Gasteiger charge is -2.23. The standard InChI is InChI=1S/C15H25N5O10/c16-6(3-11(24)25)12(26)18-7(1-2-10(17)23)13(27)19-8(4-21)14(28)20-9(5-22)15(29)30/h6-9,21-22H,1-5,16H2,(H2,17,23)(H,18,26)(H,19,27)(H,20,28)(H,24,25)(H,29,30). The summed E-state index contributed by atoms with van der Waals surface area (Å²) >= 11 is 0. The molecule has 0 aliphatic heterocycles. The Balaban J connectivity index is 5.24. The van der Waals surface area contributed by atoms with Crippen LogP contribution in [0.2, 0.25) is 0 Å². The van der Waals surface area contributed by atoms with Gasteiger partial charge in [0.2, 0.25) is 23.6 Å². The molecule has 4 unspecified atom stereocenters. The van der Waals surface area contributed by atoms with Crippen LogP contribution in [-0.4, -0.2) is 93.4 Å². The summed E-state index contributed by atoms with van der Waals surface area (Å²) in [6, 6.07) is -6.33. The number of carboxylic acid groups (broad SMARTS) is 2. The zero-order chi connectivity index (χ0) is 23.4. The summed E-state index contributed by atoms with van der Waals surface area (Å²) in [6.07, 6.45) is -1.44. The average molecular weight is 435 g/mol. The van der Waals surface area contributed by atoms with Crippen LogP contribution in [0.3, 0.4) is 0 Å². The molecule has 0 aliphatic rings. The smallest absolute Gasteiger partial charge is 0.328 e. The van der Waals surface area contributed by atoms with Crippen LogP contribution in [0.25, 0.3) is 0 Å². The lowest BCUT2D eigenvalue weighted by atomic mass is 10.1. The normalized spacial score (nSPS) is 14.5. The molecular formula is C15H25N5O10. The van der Waals surface area contributed by atoms with E-state index in [1.165, 1.54) is 0 Å². The molecule has 30 heavy (non-hydrogen) atoms. The van der Waals surface area contributed by atoms with Crippen LogP contribution in [0, 0.1) is 0 Å². The fraction of sp³-hybridized carbons (Fsp3) is 0.600. The number of aliphatic hydroxyl groups excluding tert-OH is 2. The Morgan fingerprint density at radius 1 is 0.767 bits per heavy atom. The van der Waals surface area contributed by atoms with Crippen molar-refractivity contribution in [3.8, 4) is 0 Å². The number of primary amides is 1. The quantitative estimate of drug-likeness (QED) is 0.124. The monoisotopic (exact) mass is 435 g/mol. The number of nitrogens with one attached hydrogen (secondary N) is 3. The highest BCUT2D eigenvalue weighted by Gasteiger charge is 2.30. The van der Waals surface area contributed by atoms with Crippen molar-refractivity contribution >= 4 is 35.6 Å². The number of hydrogen-bond donors (Lipinski definition) is 9. The SMILES string of the molecule is NC(=O)CCC(NC(=O)C(N)CC(=O)O)C(=O)NC(CO)C(=O)NC(CO)C(=O)O. The van der Waals surface area contributed by atoms with Crippen molar-refractivity contribution < 1.29 is 49.2 Å². The first-order chi connectivity index (χ1) is 13.9. The van der Waals surface area contributed by atoms with E-state index in [0.717, 1.165) is 0 Å². The maximum Gasteiger partial charge on any atom is 0.328 e. The van der Waals surface area contributed by atoms with E-state index in [1.54, 1.807) is 0 Å². The Kier molecular flexibility index (Phi) is 11.6. The third-order valence-electron chi connectivity index (χ3n) is 3.66. The minimum Gasteiger partial charge on any atom is -0.481 e. The van der Waals surface area contributed by atoms with E-state index in [2.05, 4.69) is 5.32 Å². The Morgan fingerprint density at radius 2 is 1.23 bits per heavy atom. The molecule has 15 nitrogen and oxygen atoms in total. The number of rotatable bonds is 14. The van der Waals surface area contributed by atoms with E-state index in [9.17, 15) is 33.9 Å². The van der Waals surface area contributed by atoms with Gasteiger partial charge in [0, 0.05) is 6.42 Å². The molecule has 0 fully saturated rings. The lowest BCUT2D eigenvalue weighted by Crippen LogP contribution is -2.58. The highest BCUT2D eigenvalue weighted by atomic mass is 16.4. The molecule has 11 N–H and O–H groups in total. The van der Waals surface area contributed by atoms with Crippen molar-refractivity contribution in [3.05, 3.63) is 0 Å². The molecule has 0 bridgehead atoms. The van der Waals surface area contributed by atoms with Gasteiger partial charge in [0.05, 0.1) is 25.7 Å². The van der Waals surface area contributed by atoms with Gasteiger partial charge in [0.25, 0.3) is 0 Å². The highest BCUT2D eigenvalue weighted by Crippen LogP contribution is 2.01. The number of carbonyl (C=O) groups is 6. The average Bonchev–Trinajstić information content (AvgIpc) is 2.65. The van der Waals surface area contributed by atoms with Crippen LogP contribution >= 0.6 is 0 Å². The molecule has 4 amide bonds. The van der Waals surface area contributed by atoms with Gasteiger partial charge in [-0.05, 0) is 6.42 Å². The maximum absolute atomic E-state index is 12.4. The molecule has 0 saturated heterocycles. The fourth-order valence-corrected chi connectivity index (χ4v) is 2.04. The van der Waals surface area contributed by atoms with Crippen molar-refractivity contribution in [2.75, 3.05) is 13.2 Å². The number of hydrogen-bond acceptors (Lipinski definition) is 9. The first-order valence-corrected chi connectivity index (χ1v) is 8.54. The fourth-order valence-electron chi connectivity index (χ4n) is 2.04. The van der Waals surface area contributed by atoms with Gasteiger partial charge in [-0.25, -0.2) is 4.79 Å². The second-order valence-electron chi connectivity index (χ2n) is 6.10. The topological polar surface area (TPSA) is 271 Å². The van der Waals surface area contributed by atoms with Crippen LogP contribution < -0.4 is 27.4 Å². The summed E-state index contributed by atoms with van der Waals surface area (Å²) in [4.78, 5) is 68.9. The molecule has 15 heteroatoms. The minimum atomic E-state index is -1.69. The zero-order valence-electron chi connectivity index (χ0n) is 15.7. The largest absolute Gasteiger partial charge is 0.481 e. The van der Waals surface area contributed by atoms with Crippen LogP contribution in [0.15, 0.2) is 0 Å². The van der Waals surface area contributed by atoms with E-state index in [-0.39, 0.29) is 12.8 Å². The molecular weight excluding hydrogens is 410 g/mol. The molecule has 170 valence electrons.